The van der Waals surface area contributed by atoms with E-state index in [0.29, 0.717) is 6.42 Å². The van der Waals surface area contributed by atoms with Gasteiger partial charge in [-0.25, -0.2) is 0 Å². The fraction of sp³-hybridized carbons (Fsp3) is 0.400. The summed E-state index contributed by atoms with van der Waals surface area (Å²) in [7, 11) is 0. The summed E-state index contributed by atoms with van der Waals surface area (Å²) < 4.78 is 2.10. The van der Waals surface area contributed by atoms with Crippen LogP contribution in [0.2, 0.25) is 0 Å². The van der Waals surface area contributed by atoms with Gasteiger partial charge in [0.25, 0.3) is 0 Å². The molecular formula is C25H32N4OS. The van der Waals surface area contributed by atoms with E-state index >= 15 is 0 Å². The van der Waals surface area contributed by atoms with Crippen LogP contribution in [-0.2, 0) is 11.2 Å². The fourth-order valence-corrected chi connectivity index (χ4v) is 4.18. The number of benzene rings is 2. The quantitative estimate of drug-likeness (QED) is 0.489. The lowest BCUT2D eigenvalue weighted by Crippen LogP contribution is -2.46. The number of aryl methyl sites for hydroxylation is 2. The topological polar surface area (TPSA) is 59.8 Å². The van der Waals surface area contributed by atoms with Crippen molar-refractivity contribution in [1.82, 2.24) is 20.1 Å². The molecule has 0 aliphatic heterocycles. The number of nitrogens with one attached hydrogen (secondary N) is 1. The average Bonchev–Trinajstić information content (AvgIpc) is 3.10. The summed E-state index contributed by atoms with van der Waals surface area (Å²) in [6.45, 7) is 12.3. The minimum atomic E-state index is -0.288. The molecule has 0 radical (unpaired) electrons. The smallest absolute Gasteiger partial charge is 0.233 e. The number of hydrogen-bond donors (Lipinski definition) is 1. The highest BCUT2D eigenvalue weighted by atomic mass is 32.2. The number of carbonyl (C=O) groups excluding carboxylic acids is 1. The number of aromatic nitrogens is 3. The molecule has 1 heterocycles. The molecule has 1 amide bonds. The van der Waals surface area contributed by atoms with Gasteiger partial charge in [-0.05, 0) is 58.2 Å². The molecule has 0 aliphatic carbocycles. The molecule has 1 unspecified atom stereocenters. The second-order valence-corrected chi connectivity index (χ2v) is 9.98. The van der Waals surface area contributed by atoms with Gasteiger partial charge in [-0.2, -0.15) is 0 Å². The van der Waals surface area contributed by atoms with Crippen molar-refractivity contribution in [1.29, 1.82) is 0 Å². The second kappa shape index (κ2) is 9.69. The van der Waals surface area contributed by atoms with Crippen LogP contribution in [0.25, 0.3) is 5.69 Å². The van der Waals surface area contributed by atoms with E-state index in [1.165, 1.54) is 22.9 Å². The van der Waals surface area contributed by atoms with Crippen LogP contribution >= 0.6 is 11.8 Å². The maximum absolute atomic E-state index is 12.8. The van der Waals surface area contributed by atoms with Crippen LogP contribution in [-0.4, -0.2) is 31.5 Å². The van der Waals surface area contributed by atoms with Crippen LogP contribution in [0.15, 0.2) is 53.7 Å². The molecule has 0 saturated heterocycles. The molecule has 1 aromatic heterocycles. The van der Waals surface area contributed by atoms with E-state index in [-0.39, 0.29) is 16.7 Å². The summed E-state index contributed by atoms with van der Waals surface area (Å²) in [5.41, 5.74) is 4.35. The largest absolute Gasteiger partial charge is 0.350 e. The highest BCUT2D eigenvalue weighted by Crippen LogP contribution is 2.29. The Bertz CT molecular complexity index is 1040. The van der Waals surface area contributed by atoms with E-state index in [9.17, 15) is 4.79 Å². The predicted molar refractivity (Wildman–Crippen MR) is 128 cm³/mol. The molecule has 2 aromatic carbocycles. The summed E-state index contributed by atoms with van der Waals surface area (Å²) in [6.07, 6.45) is 1.54. The lowest BCUT2D eigenvalue weighted by molar-refractivity contribution is -0.121. The molecule has 0 fully saturated rings. The summed E-state index contributed by atoms with van der Waals surface area (Å²) in [4.78, 5) is 12.8. The summed E-state index contributed by atoms with van der Waals surface area (Å²) >= 11 is 1.45. The third-order valence-corrected chi connectivity index (χ3v) is 6.54. The van der Waals surface area contributed by atoms with Gasteiger partial charge in [0.2, 0.25) is 5.91 Å². The number of hydrogen-bond acceptors (Lipinski definition) is 4. The van der Waals surface area contributed by atoms with E-state index in [2.05, 4.69) is 71.2 Å². The molecule has 1 N–H and O–H groups in total. The molecule has 6 heteroatoms. The molecule has 0 bridgehead atoms. The number of rotatable bonds is 8. The van der Waals surface area contributed by atoms with Crippen LogP contribution < -0.4 is 5.32 Å². The van der Waals surface area contributed by atoms with Crippen LogP contribution in [0.4, 0.5) is 0 Å². The Hall–Kier alpha value is -2.60. The van der Waals surface area contributed by atoms with Gasteiger partial charge in [0.1, 0.15) is 5.82 Å². The number of nitrogens with zero attached hydrogens (tertiary/aromatic N) is 3. The predicted octanol–water partition coefficient (Wildman–Crippen LogP) is 5.26. The van der Waals surface area contributed by atoms with Gasteiger partial charge in [-0.3, -0.25) is 9.36 Å². The first-order valence-corrected chi connectivity index (χ1v) is 11.6. The monoisotopic (exact) mass is 436 g/mol. The zero-order chi connectivity index (χ0) is 22.6. The van der Waals surface area contributed by atoms with Crippen molar-refractivity contribution in [3.8, 4) is 5.69 Å². The lowest BCUT2D eigenvalue weighted by atomic mass is 10.0. The highest BCUT2D eigenvalue weighted by Gasteiger charge is 2.25. The first-order valence-electron chi connectivity index (χ1n) is 10.7. The Labute approximate surface area is 189 Å². The molecule has 31 heavy (non-hydrogen) atoms. The SMILES string of the molecule is CCC(C)(C)NC(=O)C(C)Sc1nnc(Cc2ccccc2)n1-c1ccc(C)cc1C. The van der Waals surface area contributed by atoms with Crippen LogP contribution in [0, 0.1) is 13.8 Å². The zero-order valence-corrected chi connectivity index (χ0v) is 20.1. The van der Waals surface area contributed by atoms with Crippen molar-refractivity contribution in [3.63, 3.8) is 0 Å². The number of carbonyl (C=O) groups is 1. The Balaban J connectivity index is 1.95. The Morgan fingerprint density at radius 2 is 1.84 bits per heavy atom. The Morgan fingerprint density at radius 3 is 2.48 bits per heavy atom. The van der Waals surface area contributed by atoms with Crippen LogP contribution in [0.5, 0.6) is 0 Å². The first kappa shape index (κ1) is 23.1. The van der Waals surface area contributed by atoms with Gasteiger partial charge in [0.05, 0.1) is 10.9 Å². The molecule has 0 spiro atoms. The maximum atomic E-state index is 12.8. The van der Waals surface area contributed by atoms with Crippen molar-refractivity contribution in [2.45, 2.75) is 70.3 Å². The summed E-state index contributed by atoms with van der Waals surface area (Å²) in [5, 5.41) is 12.6. The average molecular weight is 437 g/mol. The van der Waals surface area contributed by atoms with Gasteiger partial charge in [-0.15, -0.1) is 10.2 Å². The zero-order valence-electron chi connectivity index (χ0n) is 19.3. The minimum absolute atomic E-state index is 0.0108. The van der Waals surface area contributed by atoms with Gasteiger partial charge in [0.15, 0.2) is 5.16 Å². The van der Waals surface area contributed by atoms with Gasteiger partial charge in [0, 0.05) is 12.0 Å². The number of thioether (sulfide) groups is 1. The molecule has 164 valence electrons. The van der Waals surface area contributed by atoms with E-state index in [1.54, 1.807) is 0 Å². The van der Waals surface area contributed by atoms with Crippen molar-refractivity contribution >= 4 is 17.7 Å². The van der Waals surface area contributed by atoms with Crippen LogP contribution in [0.3, 0.4) is 0 Å². The van der Waals surface area contributed by atoms with Crippen molar-refractivity contribution in [2.24, 2.45) is 0 Å². The van der Waals surface area contributed by atoms with Crippen molar-refractivity contribution in [2.75, 3.05) is 0 Å². The minimum Gasteiger partial charge on any atom is -0.350 e. The summed E-state index contributed by atoms with van der Waals surface area (Å²) in [6, 6.07) is 16.6. The molecule has 0 saturated carbocycles. The van der Waals surface area contributed by atoms with Gasteiger partial charge < -0.3 is 5.32 Å². The van der Waals surface area contributed by atoms with Gasteiger partial charge >= 0.3 is 0 Å². The molecule has 3 aromatic rings. The Kier molecular flexibility index (Phi) is 7.21. The Morgan fingerprint density at radius 1 is 1.13 bits per heavy atom. The van der Waals surface area contributed by atoms with E-state index in [1.807, 2.05) is 39.0 Å². The molecule has 0 aliphatic rings. The summed E-state index contributed by atoms with van der Waals surface area (Å²) in [5.74, 6) is 0.874. The molecule has 5 nitrogen and oxygen atoms in total. The normalized spacial score (nSPS) is 12.6. The van der Waals surface area contributed by atoms with E-state index < -0.39 is 0 Å². The maximum Gasteiger partial charge on any atom is 0.233 e. The van der Waals surface area contributed by atoms with E-state index in [0.717, 1.165) is 28.7 Å². The molecular weight excluding hydrogens is 404 g/mol. The van der Waals surface area contributed by atoms with Crippen LogP contribution in [0.1, 0.15) is 56.6 Å². The van der Waals surface area contributed by atoms with E-state index in [4.69, 9.17) is 0 Å². The third-order valence-electron chi connectivity index (χ3n) is 5.50. The molecule has 1 atom stereocenters. The van der Waals surface area contributed by atoms with Crippen molar-refractivity contribution < 1.29 is 4.79 Å². The lowest BCUT2D eigenvalue weighted by Gasteiger charge is -2.26. The third kappa shape index (κ3) is 5.76. The fourth-order valence-electron chi connectivity index (χ4n) is 3.30. The molecule has 3 rings (SSSR count). The van der Waals surface area contributed by atoms with Gasteiger partial charge in [-0.1, -0.05) is 66.7 Å². The first-order chi connectivity index (χ1) is 14.7. The standard InChI is InChI=1S/C25H32N4OS/c1-7-25(5,6)26-23(30)19(4)31-24-28-27-22(16-20-11-9-8-10-12-20)29(24)21-14-13-17(2)15-18(21)3/h8-15,19H,7,16H2,1-6H3,(H,26,30). The van der Waals surface area contributed by atoms with Crippen molar-refractivity contribution in [3.05, 3.63) is 71.0 Å². The number of amides is 1. The second-order valence-electron chi connectivity index (χ2n) is 8.67. The highest BCUT2D eigenvalue weighted by molar-refractivity contribution is 8.00.